The van der Waals surface area contributed by atoms with E-state index in [0.29, 0.717) is 11.3 Å². The van der Waals surface area contributed by atoms with Crippen LogP contribution in [0.2, 0.25) is 0 Å². The molecule has 0 radical (unpaired) electrons. The van der Waals surface area contributed by atoms with Crippen molar-refractivity contribution in [3.63, 3.8) is 0 Å². The lowest BCUT2D eigenvalue weighted by molar-refractivity contribution is 0.0573. The van der Waals surface area contributed by atoms with Gasteiger partial charge in [0.05, 0.1) is 5.56 Å². The summed E-state index contributed by atoms with van der Waals surface area (Å²) in [6.45, 7) is 5.33. The highest BCUT2D eigenvalue weighted by atomic mass is 35.5. The van der Waals surface area contributed by atoms with E-state index in [2.05, 4.69) is 10.1 Å². The number of halogens is 1. The maximum absolute atomic E-state index is 11.5. The summed E-state index contributed by atoms with van der Waals surface area (Å²) in [4.78, 5) is 22.9. The van der Waals surface area contributed by atoms with E-state index in [1.807, 2.05) is 0 Å². The summed E-state index contributed by atoms with van der Waals surface area (Å²) in [5.41, 5.74) is 0.320. The lowest BCUT2D eigenvalue weighted by Crippen LogP contribution is -2.27. The van der Waals surface area contributed by atoms with Gasteiger partial charge in [-0.15, -0.1) is 0 Å². The molecule has 0 spiro atoms. The van der Waals surface area contributed by atoms with E-state index in [9.17, 15) is 9.59 Å². The molecule has 0 aliphatic rings. The minimum atomic E-state index is -0.561. The molecule has 104 valence electrons. The molecule has 0 unspecified atom stereocenters. The van der Waals surface area contributed by atoms with Crippen molar-refractivity contribution >= 4 is 29.4 Å². The minimum absolute atomic E-state index is 0.198. The van der Waals surface area contributed by atoms with E-state index in [1.54, 1.807) is 32.9 Å². The van der Waals surface area contributed by atoms with Crippen LogP contribution in [0.4, 0.5) is 10.5 Å². The van der Waals surface area contributed by atoms with Crippen molar-refractivity contribution in [1.82, 2.24) is 0 Å². The van der Waals surface area contributed by atoms with Gasteiger partial charge in [-0.1, -0.05) is 11.6 Å². The summed E-state index contributed by atoms with van der Waals surface area (Å²) in [5, 5.41) is 2.56. The Morgan fingerprint density at radius 1 is 1.21 bits per heavy atom. The van der Waals surface area contributed by atoms with Crippen LogP contribution in [-0.4, -0.2) is 23.7 Å². The first-order valence-electron chi connectivity index (χ1n) is 5.65. The molecule has 1 N–H and O–H groups in total. The van der Waals surface area contributed by atoms with Crippen LogP contribution >= 0.6 is 11.6 Å². The first kappa shape index (κ1) is 15.3. The molecule has 1 rings (SSSR count). The number of nitrogens with one attached hydrogen (secondary N) is 1. The molecule has 0 heterocycles. The van der Waals surface area contributed by atoms with Gasteiger partial charge in [-0.25, -0.2) is 9.59 Å². The molecule has 0 bridgehead atoms. The molecule has 0 saturated heterocycles. The Balaban J connectivity index is 2.62. The Morgan fingerprint density at radius 2 is 1.79 bits per heavy atom. The first-order valence-corrected chi connectivity index (χ1v) is 6.18. The molecule has 0 fully saturated rings. The summed E-state index contributed by atoms with van der Waals surface area (Å²) in [6.07, 6.45) is -0.552. The van der Waals surface area contributed by atoms with Gasteiger partial charge in [-0.05, 0) is 45.0 Å². The molecular weight excluding hydrogens is 270 g/mol. The maximum Gasteiger partial charge on any atom is 0.412 e. The third kappa shape index (κ3) is 5.61. The standard InChI is InChI=1S/C13H16ClNO4/c1-13(2,3)19-12(17)15-10-6-4-9(5-7-10)11(16)18-8-14/h4-7H,8H2,1-3H3,(H,15,17). The summed E-state index contributed by atoms with van der Waals surface area (Å²) < 4.78 is 9.73. The third-order valence-corrected chi connectivity index (χ3v) is 2.06. The van der Waals surface area contributed by atoms with Crippen LogP contribution in [0, 0.1) is 0 Å². The average molecular weight is 286 g/mol. The topological polar surface area (TPSA) is 64.6 Å². The van der Waals surface area contributed by atoms with E-state index in [-0.39, 0.29) is 6.07 Å². The quantitative estimate of drug-likeness (QED) is 0.683. The lowest BCUT2D eigenvalue weighted by atomic mass is 10.2. The van der Waals surface area contributed by atoms with Crippen molar-refractivity contribution in [3.05, 3.63) is 29.8 Å². The van der Waals surface area contributed by atoms with Gasteiger partial charge < -0.3 is 9.47 Å². The highest BCUT2D eigenvalue weighted by Crippen LogP contribution is 2.13. The summed E-state index contributed by atoms with van der Waals surface area (Å²) >= 11 is 5.29. The number of hydrogen-bond acceptors (Lipinski definition) is 4. The fraction of sp³-hybridized carbons (Fsp3) is 0.385. The number of rotatable bonds is 3. The van der Waals surface area contributed by atoms with E-state index < -0.39 is 17.7 Å². The number of ether oxygens (including phenoxy) is 2. The zero-order valence-electron chi connectivity index (χ0n) is 11.0. The molecular formula is C13H16ClNO4. The Hall–Kier alpha value is -1.75. The van der Waals surface area contributed by atoms with E-state index in [1.165, 1.54) is 12.1 Å². The molecule has 0 atom stereocenters. The van der Waals surface area contributed by atoms with Crippen LogP contribution in [-0.2, 0) is 9.47 Å². The Kier molecular flexibility index (Phi) is 5.18. The lowest BCUT2D eigenvalue weighted by Gasteiger charge is -2.19. The molecule has 19 heavy (non-hydrogen) atoms. The monoisotopic (exact) mass is 285 g/mol. The van der Waals surface area contributed by atoms with Crippen molar-refractivity contribution in [3.8, 4) is 0 Å². The fourth-order valence-corrected chi connectivity index (χ4v) is 1.34. The average Bonchev–Trinajstić information content (AvgIpc) is 2.27. The van der Waals surface area contributed by atoms with Gasteiger partial charge in [-0.2, -0.15) is 0 Å². The van der Waals surface area contributed by atoms with E-state index in [4.69, 9.17) is 16.3 Å². The molecule has 0 aliphatic carbocycles. The molecule has 1 aromatic carbocycles. The van der Waals surface area contributed by atoms with Crippen molar-refractivity contribution in [2.45, 2.75) is 26.4 Å². The number of benzene rings is 1. The van der Waals surface area contributed by atoms with Crippen molar-refractivity contribution in [2.75, 3.05) is 11.4 Å². The second-order valence-corrected chi connectivity index (χ2v) is 4.96. The Morgan fingerprint density at radius 3 is 2.26 bits per heavy atom. The number of amides is 1. The highest BCUT2D eigenvalue weighted by Gasteiger charge is 2.16. The second kappa shape index (κ2) is 6.43. The Labute approximate surface area is 116 Å². The van der Waals surface area contributed by atoms with Crippen LogP contribution in [0.5, 0.6) is 0 Å². The molecule has 0 aromatic heterocycles. The maximum atomic E-state index is 11.5. The van der Waals surface area contributed by atoms with Crippen LogP contribution in [0.15, 0.2) is 24.3 Å². The molecule has 1 aromatic rings. The fourth-order valence-electron chi connectivity index (χ4n) is 1.24. The van der Waals surface area contributed by atoms with Crippen molar-refractivity contribution in [2.24, 2.45) is 0 Å². The largest absolute Gasteiger partial charge is 0.446 e. The predicted molar refractivity (Wildman–Crippen MR) is 72.4 cm³/mol. The zero-order valence-corrected chi connectivity index (χ0v) is 11.8. The number of alkyl halides is 1. The van der Waals surface area contributed by atoms with Gasteiger partial charge in [0.15, 0.2) is 6.07 Å². The van der Waals surface area contributed by atoms with Gasteiger partial charge >= 0.3 is 12.1 Å². The SMILES string of the molecule is CC(C)(C)OC(=O)Nc1ccc(C(=O)OCCl)cc1. The van der Waals surface area contributed by atoms with Crippen LogP contribution < -0.4 is 5.32 Å². The number of carbonyl (C=O) groups excluding carboxylic acids is 2. The summed E-state index contributed by atoms with van der Waals surface area (Å²) in [7, 11) is 0. The number of esters is 1. The summed E-state index contributed by atoms with van der Waals surface area (Å²) in [5.74, 6) is -0.515. The smallest absolute Gasteiger partial charge is 0.412 e. The molecule has 6 heteroatoms. The number of hydrogen-bond donors (Lipinski definition) is 1. The summed E-state index contributed by atoms with van der Waals surface area (Å²) in [6, 6.07) is 6.02. The van der Waals surface area contributed by atoms with Crippen LogP contribution in [0.3, 0.4) is 0 Å². The zero-order chi connectivity index (χ0) is 14.5. The van der Waals surface area contributed by atoms with E-state index >= 15 is 0 Å². The van der Waals surface area contributed by atoms with E-state index in [0.717, 1.165) is 0 Å². The minimum Gasteiger partial charge on any atom is -0.446 e. The molecule has 1 amide bonds. The van der Waals surface area contributed by atoms with Gasteiger partial charge in [0.2, 0.25) is 0 Å². The number of anilines is 1. The highest BCUT2D eigenvalue weighted by molar-refractivity contribution is 6.17. The van der Waals surface area contributed by atoms with Gasteiger partial charge in [0, 0.05) is 5.69 Å². The van der Waals surface area contributed by atoms with Gasteiger partial charge in [0.25, 0.3) is 0 Å². The normalized spacial score (nSPS) is 10.7. The number of carbonyl (C=O) groups is 2. The molecule has 5 nitrogen and oxygen atoms in total. The predicted octanol–water partition coefficient (Wildman–Crippen LogP) is 3.39. The van der Waals surface area contributed by atoms with Crippen LogP contribution in [0.1, 0.15) is 31.1 Å². The van der Waals surface area contributed by atoms with Crippen molar-refractivity contribution < 1.29 is 19.1 Å². The molecule has 0 saturated carbocycles. The van der Waals surface area contributed by atoms with Gasteiger partial charge in [-0.3, -0.25) is 5.32 Å². The second-order valence-electron chi connectivity index (χ2n) is 4.75. The van der Waals surface area contributed by atoms with Gasteiger partial charge in [0.1, 0.15) is 5.60 Å². The third-order valence-electron chi connectivity index (χ3n) is 1.95. The van der Waals surface area contributed by atoms with Crippen LogP contribution in [0.25, 0.3) is 0 Å². The Bertz CT molecular complexity index is 451. The first-order chi connectivity index (χ1) is 8.81. The van der Waals surface area contributed by atoms with Crippen molar-refractivity contribution in [1.29, 1.82) is 0 Å². The molecule has 0 aliphatic heterocycles.